The number of Topliss-reactive ketones (excluding diaryl/α,β-unsaturated/α-hetero) is 1. The second-order valence-electron chi connectivity index (χ2n) is 6.39. The zero-order chi connectivity index (χ0) is 18.7. The van der Waals surface area contributed by atoms with Crippen LogP contribution in [-0.4, -0.2) is 29.9 Å². The van der Waals surface area contributed by atoms with E-state index in [-0.39, 0.29) is 12.2 Å². The summed E-state index contributed by atoms with van der Waals surface area (Å²) in [6, 6.07) is 13.9. The van der Waals surface area contributed by atoms with Gasteiger partial charge in [-0.3, -0.25) is 9.59 Å². The topological polar surface area (TPSA) is 66.8 Å². The maximum absolute atomic E-state index is 12.9. The summed E-state index contributed by atoms with van der Waals surface area (Å²) in [5, 5.41) is 11.1. The Kier molecular flexibility index (Phi) is 5.09. The smallest absolute Gasteiger partial charge is 0.264 e. The first-order chi connectivity index (χ1) is 12.5. The Morgan fingerprint density at radius 3 is 2.46 bits per heavy atom. The molecule has 0 saturated heterocycles. The van der Waals surface area contributed by atoms with E-state index in [0.717, 1.165) is 6.42 Å². The fourth-order valence-electron chi connectivity index (χ4n) is 3.36. The third-order valence-corrected chi connectivity index (χ3v) is 4.59. The zero-order valence-corrected chi connectivity index (χ0v) is 15.1. The molecule has 1 N–H and O–H groups in total. The normalized spacial score (nSPS) is 18.7. The highest BCUT2D eigenvalue weighted by Gasteiger charge is 2.50. The van der Waals surface area contributed by atoms with Crippen LogP contribution in [-0.2, 0) is 10.4 Å². The molecule has 136 valence electrons. The van der Waals surface area contributed by atoms with Gasteiger partial charge in [0.05, 0.1) is 18.7 Å². The standard InChI is InChI=1S/C21H23NO4/c1-3-13-22-18-8-6-5-7-17(18)21(25,20(22)24)14-19(23)15-9-11-16(12-10-15)26-4-2/h5-12,25H,3-4,13-14H2,1-2H3/t21-/m1/s1. The first kappa shape index (κ1) is 18.1. The second-order valence-corrected chi connectivity index (χ2v) is 6.39. The largest absolute Gasteiger partial charge is 0.494 e. The molecule has 3 rings (SSSR count). The van der Waals surface area contributed by atoms with E-state index in [1.807, 2.05) is 26.0 Å². The molecule has 0 fully saturated rings. The van der Waals surface area contributed by atoms with Gasteiger partial charge in [-0.2, -0.15) is 0 Å². The van der Waals surface area contributed by atoms with Crippen LogP contribution in [0.15, 0.2) is 48.5 Å². The molecular weight excluding hydrogens is 330 g/mol. The van der Waals surface area contributed by atoms with Crippen molar-refractivity contribution in [1.82, 2.24) is 0 Å². The van der Waals surface area contributed by atoms with Crippen molar-refractivity contribution in [3.8, 4) is 5.75 Å². The molecule has 0 saturated carbocycles. The van der Waals surface area contributed by atoms with Gasteiger partial charge in [-0.05, 0) is 43.7 Å². The van der Waals surface area contributed by atoms with Crippen molar-refractivity contribution in [2.45, 2.75) is 32.3 Å². The maximum atomic E-state index is 12.9. The average Bonchev–Trinajstić information content (AvgIpc) is 2.85. The molecule has 0 radical (unpaired) electrons. The monoisotopic (exact) mass is 353 g/mol. The summed E-state index contributed by atoms with van der Waals surface area (Å²) in [5.74, 6) is -0.0314. The van der Waals surface area contributed by atoms with Crippen LogP contribution < -0.4 is 9.64 Å². The third kappa shape index (κ3) is 3.10. The summed E-state index contributed by atoms with van der Waals surface area (Å²) in [6.07, 6.45) is 0.486. The highest BCUT2D eigenvalue weighted by Crippen LogP contribution is 2.42. The summed E-state index contributed by atoms with van der Waals surface area (Å²) in [5.41, 5.74) is -0.193. The number of fused-ring (bicyclic) bond motifs is 1. The van der Waals surface area contributed by atoms with Crippen LogP contribution in [0.3, 0.4) is 0 Å². The summed E-state index contributed by atoms with van der Waals surface area (Å²) in [6.45, 7) is 4.92. The number of carbonyl (C=O) groups excluding carboxylic acids is 2. The van der Waals surface area contributed by atoms with E-state index in [1.165, 1.54) is 0 Å². The number of amides is 1. The Morgan fingerprint density at radius 1 is 1.12 bits per heavy atom. The lowest BCUT2D eigenvalue weighted by atomic mass is 9.88. The van der Waals surface area contributed by atoms with E-state index in [0.29, 0.717) is 35.7 Å². The van der Waals surface area contributed by atoms with Crippen molar-refractivity contribution in [2.75, 3.05) is 18.1 Å². The van der Waals surface area contributed by atoms with Crippen LogP contribution in [0.25, 0.3) is 0 Å². The summed E-state index contributed by atoms with van der Waals surface area (Å²) < 4.78 is 5.38. The van der Waals surface area contributed by atoms with Crippen LogP contribution in [0.5, 0.6) is 5.75 Å². The van der Waals surface area contributed by atoms with Crippen LogP contribution in [0.4, 0.5) is 5.69 Å². The van der Waals surface area contributed by atoms with Gasteiger partial charge >= 0.3 is 0 Å². The molecule has 0 aliphatic carbocycles. The summed E-state index contributed by atoms with van der Waals surface area (Å²) >= 11 is 0. The number of rotatable bonds is 7. The van der Waals surface area contributed by atoms with E-state index >= 15 is 0 Å². The van der Waals surface area contributed by atoms with Crippen LogP contribution >= 0.6 is 0 Å². The van der Waals surface area contributed by atoms with Gasteiger partial charge < -0.3 is 14.7 Å². The molecule has 1 heterocycles. The van der Waals surface area contributed by atoms with Crippen LogP contribution in [0.2, 0.25) is 0 Å². The Morgan fingerprint density at radius 2 is 1.81 bits per heavy atom. The lowest BCUT2D eigenvalue weighted by Crippen LogP contribution is -2.42. The number of para-hydroxylation sites is 1. The van der Waals surface area contributed by atoms with Crippen molar-refractivity contribution < 1.29 is 19.4 Å². The predicted octanol–water partition coefficient (Wildman–Crippen LogP) is 3.30. The lowest BCUT2D eigenvalue weighted by molar-refractivity contribution is -0.135. The molecule has 5 heteroatoms. The van der Waals surface area contributed by atoms with E-state index in [2.05, 4.69) is 0 Å². The SMILES string of the molecule is CCCN1C(=O)[C@@](O)(CC(=O)c2ccc(OCC)cc2)c2ccccc21. The van der Waals surface area contributed by atoms with E-state index in [1.54, 1.807) is 41.3 Å². The Hall–Kier alpha value is -2.66. The Balaban J connectivity index is 1.88. The molecule has 26 heavy (non-hydrogen) atoms. The zero-order valence-electron chi connectivity index (χ0n) is 15.1. The highest BCUT2D eigenvalue weighted by molar-refractivity contribution is 6.10. The van der Waals surface area contributed by atoms with E-state index < -0.39 is 11.5 Å². The minimum absolute atomic E-state index is 0.281. The third-order valence-electron chi connectivity index (χ3n) is 4.59. The number of nitrogens with zero attached hydrogens (tertiary/aromatic N) is 1. The average molecular weight is 353 g/mol. The molecule has 1 aliphatic rings. The molecule has 1 amide bonds. The molecule has 2 aromatic carbocycles. The fraction of sp³-hybridized carbons (Fsp3) is 0.333. The Bertz CT molecular complexity index is 815. The number of ether oxygens (including phenoxy) is 1. The van der Waals surface area contributed by atoms with Crippen molar-refractivity contribution in [3.05, 3.63) is 59.7 Å². The minimum Gasteiger partial charge on any atom is -0.494 e. The highest BCUT2D eigenvalue weighted by atomic mass is 16.5. The first-order valence-corrected chi connectivity index (χ1v) is 8.91. The van der Waals surface area contributed by atoms with Gasteiger partial charge in [-0.15, -0.1) is 0 Å². The Labute approximate surface area is 153 Å². The van der Waals surface area contributed by atoms with Gasteiger partial charge in [-0.25, -0.2) is 0 Å². The molecular formula is C21H23NO4. The molecule has 1 aliphatic heterocycles. The van der Waals surface area contributed by atoms with Crippen molar-refractivity contribution >= 4 is 17.4 Å². The van der Waals surface area contributed by atoms with E-state index in [9.17, 15) is 14.7 Å². The van der Waals surface area contributed by atoms with Crippen molar-refractivity contribution in [1.29, 1.82) is 0 Å². The van der Waals surface area contributed by atoms with Crippen molar-refractivity contribution in [2.24, 2.45) is 0 Å². The number of hydrogen-bond acceptors (Lipinski definition) is 4. The van der Waals surface area contributed by atoms with Gasteiger partial charge in [0.1, 0.15) is 5.75 Å². The van der Waals surface area contributed by atoms with E-state index in [4.69, 9.17) is 4.74 Å². The number of carbonyl (C=O) groups is 2. The summed E-state index contributed by atoms with van der Waals surface area (Å²) in [4.78, 5) is 27.2. The van der Waals surface area contributed by atoms with Gasteiger partial charge in [0.2, 0.25) is 0 Å². The van der Waals surface area contributed by atoms with Crippen LogP contribution in [0, 0.1) is 0 Å². The number of hydrogen-bond donors (Lipinski definition) is 1. The number of anilines is 1. The second kappa shape index (κ2) is 7.30. The number of ketones is 1. The fourth-order valence-corrected chi connectivity index (χ4v) is 3.36. The lowest BCUT2D eigenvalue weighted by Gasteiger charge is -2.22. The van der Waals surface area contributed by atoms with Gasteiger partial charge in [0.15, 0.2) is 11.4 Å². The quantitative estimate of drug-likeness (QED) is 0.776. The number of aliphatic hydroxyl groups is 1. The van der Waals surface area contributed by atoms with Crippen LogP contribution in [0.1, 0.15) is 42.6 Å². The molecule has 0 aromatic heterocycles. The molecule has 0 unspecified atom stereocenters. The molecule has 5 nitrogen and oxygen atoms in total. The number of benzene rings is 2. The summed E-state index contributed by atoms with van der Waals surface area (Å²) in [7, 11) is 0. The molecule has 0 bridgehead atoms. The predicted molar refractivity (Wildman–Crippen MR) is 99.5 cm³/mol. The van der Waals surface area contributed by atoms with Gasteiger partial charge in [0.25, 0.3) is 5.91 Å². The molecule has 0 spiro atoms. The minimum atomic E-state index is -1.82. The maximum Gasteiger partial charge on any atom is 0.264 e. The molecule has 2 aromatic rings. The first-order valence-electron chi connectivity index (χ1n) is 8.91. The molecule has 1 atom stereocenters. The van der Waals surface area contributed by atoms with Crippen molar-refractivity contribution in [3.63, 3.8) is 0 Å². The van der Waals surface area contributed by atoms with Gasteiger partial charge in [-0.1, -0.05) is 25.1 Å². The van der Waals surface area contributed by atoms with Gasteiger partial charge in [0, 0.05) is 17.7 Å².